The van der Waals surface area contributed by atoms with Crippen LogP contribution in [0.1, 0.15) is 29.0 Å². The predicted octanol–water partition coefficient (Wildman–Crippen LogP) is 2.49. The lowest BCUT2D eigenvalue weighted by molar-refractivity contribution is 0.537. The summed E-state index contributed by atoms with van der Waals surface area (Å²) < 4.78 is 25.7. The van der Waals surface area contributed by atoms with Crippen molar-refractivity contribution in [2.75, 3.05) is 0 Å². The number of hydrogen-bond acceptors (Lipinski definition) is 4. The zero-order valence-corrected chi connectivity index (χ0v) is 12.3. The minimum absolute atomic E-state index is 0.0213. The van der Waals surface area contributed by atoms with Gasteiger partial charge in [0.25, 0.3) is 0 Å². The van der Waals surface area contributed by atoms with Crippen molar-refractivity contribution in [2.45, 2.75) is 30.4 Å². The Balaban J connectivity index is 2.10. The molecule has 0 aliphatic heterocycles. The summed E-state index contributed by atoms with van der Waals surface area (Å²) in [7, 11) is -3.39. The minimum atomic E-state index is -3.39. The molecular weight excluding hydrogens is 272 g/mol. The lowest BCUT2D eigenvalue weighted by Gasteiger charge is -2.17. The summed E-state index contributed by atoms with van der Waals surface area (Å²) in [4.78, 5) is 0.379. The second-order valence-electron chi connectivity index (χ2n) is 5.39. The number of sulfone groups is 1. The number of nitrogens with zero attached hydrogens (tertiary/aromatic N) is 2. The molecule has 1 aliphatic rings. The maximum atomic E-state index is 12.9. The molecule has 2 aromatic rings. The lowest BCUT2D eigenvalue weighted by atomic mass is 10.1. The minimum Gasteiger partial charge on any atom is -0.223 e. The maximum Gasteiger partial charge on any atom is 0.185 e. The largest absolute Gasteiger partial charge is 0.223 e. The molecule has 4 nitrogen and oxygen atoms in total. The number of fused-ring (bicyclic) bond motifs is 1. The van der Waals surface area contributed by atoms with E-state index < -0.39 is 15.1 Å². The highest BCUT2D eigenvalue weighted by Gasteiger charge is 2.40. The van der Waals surface area contributed by atoms with Crippen molar-refractivity contribution in [3.8, 4) is 0 Å². The summed E-state index contributed by atoms with van der Waals surface area (Å²) in [6.07, 6.45) is 2.23. The molecule has 0 saturated heterocycles. The zero-order chi connectivity index (χ0) is 14.3. The Morgan fingerprint density at radius 1 is 1.15 bits per heavy atom. The fraction of sp³-hybridized carbons (Fsp3) is 0.333. The Hall–Kier alpha value is -1.75. The highest BCUT2D eigenvalue weighted by atomic mass is 32.2. The van der Waals surface area contributed by atoms with Gasteiger partial charge in [0.15, 0.2) is 9.84 Å². The average Bonchev–Trinajstić information content (AvgIpc) is 2.75. The van der Waals surface area contributed by atoms with Crippen LogP contribution in [0.25, 0.3) is 0 Å². The van der Waals surface area contributed by atoms with Crippen LogP contribution in [0.3, 0.4) is 0 Å². The van der Waals surface area contributed by atoms with Gasteiger partial charge >= 0.3 is 0 Å². The second kappa shape index (κ2) is 4.66. The Kier molecular flexibility index (Phi) is 3.09. The van der Waals surface area contributed by atoms with Crippen molar-refractivity contribution in [1.82, 2.24) is 10.2 Å². The molecule has 0 fully saturated rings. The molecule has 0 radical (unpaired) electrons. The Morgan fingerprint density at radius 2 is 1.85 bits per heavy atom. The quantitative estimate of drug-likeness (QED) is 0.852. The predicted molar refractivity (Wildman–Crippen MR) is 76.0 cm³/mol. The Morgan fingerprint density at radius 3 is 2.55 bits per heavy atom. The van der Waals surface area contributed by atoms with E-state index in [-0.39, 0.29) is 5.92 Å². The van der Waals surface area contributed by atoms with Crippen LogP contribution in [0.4, 0.5) is 0 Å². The topological polar surface area (TPSA) is 59.9 Å². The number of aromatic nitrogens is 2. The van der Waals surface area contributed by atoms with Crippen LogP contribution >= 0.6 is 0 Å². The molecule has 0 spiro atoms. The van der Waals surface area contributed by atoms with Gasteiger partial charge in [0.1, 0.15) is 0 Å². The van der Waals surface area contributed by atoms with Gasteiger partial charge in [-0.1, -0.05) is 24.6 Å². The third-order valence-electron chi connectivity index (χ3n) is 3.85. The number of benzene rings is 1. The van der Waals surface area contributed by atoms with Crippen molar-refractivity contribution in [1.29, 1.82) is 0 Å². The van der Waals surface area contributed by atoms with Crippen LogP contribution in [0.2, 0.25) is 0 Å². The van der Waals surface area contributed by atoms with Crippen LogP contribution in [0, 0.1) is 12.8 Å². The van der Waals surface area contributed by atoms with E-state index in [1.54, 1.807) is 24.4 Å². The summed E-state index contributed by atoms with van der Waals surface area (Å²) in [6.45, 7) is 3.90. The summed E-state index contributed by atoms with van der Waals surface area (Å²) in [5.74, 6) is 0.0213. The summed E-state index contributed by atoms with van der Waals surface area (Å²) in [5, 5.41) is 7.40. The van der Waals surface area contributed by atoms with E-state index in [1.807, 2.05) is 26.0 Å². The van der Waals surface area contributed by atoms with Gasteiger partial charge in [-0.25, -0.2) is 8.42 Å². The molecule has 0 N–H and O–H groups in total. The first-order valence-electron chi connectivity index (χ1n) is 6.61. The van der Waals surface area contributed by atoms with Crippen molar-refractivity contribution >= 4 is 9.84 Å². The van der Waals surface area contributed by atoms with Crippen molar-refractivity contribution < 1.29 is 8.42 Å². The average molecular weight is 288 g/mol. The van der Waals surface area contributed by atoms with Gasteiger partial charge in [-0.2, -0.15) is 10.2 Å². The molecule has 0 amide bonds. The van der Waals surface area contributed by atoms with Gasteiger partial charge < -0.3 is 0 Å². The van der Waals surface area contributed by atoms with Crippen LogP contribution in [-0.4, -0.2) is 18.6 Å². The summed E-state index contributed by atoms with van der Waals surface area (Å²) in [6, 6.07) is 8.81. The molecule has 104 valence electrons. The molecule has 1 aliphatic carbocycles. The highest BCUT2D eigenvalue weighted by molar-refractivity contribution is 7.91. The standard InChI is InChI=1S/C15H16N2O2S/c1-10-3-5-12(6-4-10)20(18,19)15-11(2)9-14-13(15)7-8-16-17-14/h3-8,11,15H,9H2,1-2H3. The third kappa shape index (κ3) is 2.02. The molecule has 1 aromatic heterocycles. The van der Waals surface area contributed by atoms with Gasteiger partial charge in [0.05, 0.1) is 15.8 Å². The first-order valence-corrected chi connectivity index (χ1v) is 8.16. The molecule has 0 bridgehead atoms. The molecule has 2 atom stereocenters. The van der Waals surface area contributed by atoms with Gasteiger partial charge in [-0.3, -0.25) is 0 Å². The Bertz CT molecular complexity index is 739. The van der Waals surface area contributed by atoms with E-state index in [1.165, 1.54) is 0 Å². The fourth-order valence-electron chi connectivity index (χ4n) is 2.85. The van der Waals surface area contributed by atoms with E-state index >= 15 is 0 Å². The van der Waals surface area contributed by atoms with E-state index in [0.717, 1.165) is 16.8 Å². The van der Waals surface area contributed by atoms with Gasteiger partial charge in [0, 0.05) is 6.20 Å². The second-order valence-corrected chi connectivity index (χ2v) is 7.46. The number of rotatable bonds is 2. The van der Waals surface area contributed by atoms with Gasteiger partial charge in [0.2, 0.25) is 0 Å². The molecule has 0 saturated carbocycles. The van der Waals surface area contributed by atoms with Gasteiger partial charge in [-0.15, -0.1) is 0 Å². The molecule has 1 aromatic carbocycles. The summed E-state index contributed by atoms with van der Waals surface area (Å²) >= 11 is 0. The van der Waals surface area contributed by atoms with Crippen LogP contribution in [0.15, 0.2) is 41.4 Å². The van der Waals surface area contributed by atoms with E-state index in [4.69, 9.17) is 0 Å². The molecule has 20 heavy (non-hydrogen) atoms. The normalized spacial score (nSPS) is 21.7. The van der Waals surface area contributed by atoms with Crippen LogP contribution < -0.4 is 0 Å². The monoisotopic (exact) mass is 288 g/mol. The highest BCUT2D eigenvalue weighted by Crippen LogP contribution is 2.42. The van der Waals surface area contributed by atoms with Crippen molar-refractivity contribution in [3.63, 3.8) is 0 Å². The van der Waals surface area contributed by atoms with E-state index in [2.05, 4.69) is 10.2 Å². The smallest absolute Gasteiger partial charge is 0.185 e. The zero-order valence-electron chi connectivity index (χ0n) is 11.4. The first kappa shape index (κ1) is 13.2. The SMILES string of the molecule is Cc1ccc(S(=O)(=O)C2c3ccnnc3CC2C)cc1. The number of hydrogen-bond donors (Lipinski definition) is 0. The molecular formula is C15H16N2O2S. The Labute approximate surface area is 118 Å². The van der Waals surface area contributed by atoms with Gasteiger partial charge in [-0.05, 0) is 43.0 Å². The van der Waals surface area contributed by atoms with Crippen LogP contribution in [0.5, 0.6) is 0 Å². The van der Waals surface area contributed by atoms with E-state index in [9.17, 15) is 8.42 Å². The van der Waals surface area contributed by atoms with Crippen LogP contribution in [-0.2, 0) is 16.3 Å². The molecule has 3 rings (SSSR count). The molecule has 5 heteroatoms. The van der Waals surface area contributed by atoms with Crippen molar-refractivity contribution in [3.05, 3.63) is 53.3 Å². The maximum absolute atomic E-state index is 12.9. The van der Waals surface area contributed by atoms with E-state index in [0.29, 0.717) is 11.3 Å². The first-order chi connectivity index (χ1) is 9.50. The fourth-order valence-corrected chi connectivity index (χ4v) is 4.92. The third-order valence-corrected chi connectivity index (χ3v) is 6.17. The molecule has 2 unspecified atom stereocenters. The lowest BCUT2D eigenvalue weighted by Crippen LogP contribution is -2.17. The summed E-state index contributed by atoms with van der Waals surface area (Å²) in [5.41, 5.74) is 2.66. The molecule has 1 heterocycles. The number of aryl methyl sites for hydroxylation is 1. The van der Waals surface area contributed by atoms with Crippen molar-refractivity contribution in [2.24, 2.45) is 5.92 Å².